The van der Waals surface area contributed by atoms with Gasteiger partial charge in [0.1, 0.15) is 12.1 Å². The summed E-state index contributed by atoms with van der Waals surface area (Å²) in [5, 5.41) is 19.4. The molecular formula is C8H13NO5. The van der Waals surface area contributed by atoms with Crippen molar-refractivity contribution >= 4 is 11.9 Å². The van der Waals surface area contributed by atoms with Gasteiger partial charge in [-0.1, -0.05) is 0 Å². The Morgan fingerprint density at radius 3 is 2.71 bits per heavy atom. The first-order valence-electron chi connectivity index (χ1n) is 4.40. The van der Waals surface area contributed by atoms with Gasteiger partial charge in [0, 0.05) is 6.61 Å². The lowest BCUT2D eigenvalue weighted by Gasteiger charge is -2.14. The number of amides is 1. The molecule has 1 fully saturated rings. The molecule has 0 aromatic rings. The number of carboxylic acid groups (broad SMARTS) is 1. The summed E-state index contributed by atoms with van der Waals surface area (Å²) in [6.07, 6.45) is 0.835. The molecule has 14 heavy (non-hydrogen) atoms. The molecule has 0 saturated carbocycles. The molecule has 1 heterocycles. The van der Waals surface area contributed by atoms with E-state index < -0.39 is 30.6 Å². The zero-order chi connectivity index (χ0) is 10.6. The molecular weight excluding hydrogens is 190 g/mol. The van der Waals surface area contributed by atoms with Crippen molar-refractivity contribution in [2.75, 3.05) is 13.2 Å². The molecule has 0 bridgehead atoms. The number of ether oxygens (including phenoxy) is 1. The quantitative estimate of drug-likeness (QED) is 0.529. The molecule has 1 amide bonds. The molecule has 0 spiro atoms. The van der Waals surface area contributed by atoms with E-state index in [9.17, 15) is 9.59 Å². The molecule has 1 saturated heterocycles. The Kier molecular flexibility index (Phi) is 3.84. The molecule has 1 aliphatic heterocycles. The van der Waals surface area contributed by atoms with E-state index in [1.54, 1.807) is 0 Å². The van der Waals surface area contributed by atoms with Gasteiger partial charge >= 0.3 is 5.97 Å². The van der Waals surface area contributed by atoms with E-state index in [4.69, 9.17) is 14.9 Å². The Hall–Kier alpha value is -1.14. The zero-order valence-electron chi connectivity index (χ0n) is 7.60. The Morgan fingerprint density at radius 1 is 1.57 bits per heavy atom. The van der Waals surface area contributed by atoms with Gasteiger partial charge in [0.15, 0.2) is 0 Å². The van der Waals surface area contributed by atoms with Crippen LogP contribution in [0.25, 0.3) is 0 Å². The highest BCUT2D eigenvalue weighted by Crippen LogP contribution is 2.11. The van der Waals surface area contributed by atoms with Gasteiger partial charge < -0.3 is 20.3 Å². The summed E-state index contributed by atoms with van der Waals surface area (Å²) in [6.45, 7) is -0.0945. The molecule has 0 aromatic heterocycles. The minimum Gasteiger partial charge on any atom is -0.480 e. The fraction of sp³-hybridized carbons (Fsp3) is 0.750. The second kappa shape index (κ2) is 4.92. The van der Waals surface area contributed by atoms with Gasteiger partial charge in [-0.2, -0.15) is 0 Å². The van der Waals surface area contributed by atoms with E-state index >= 15 is 0 Å². The fourth-order valence-electron chi connectivity index (χ4n) is 1.23. The standard InChI is InChI=1S/C8H13NO5/c10-4-5(8(12)13)9-7(11)6-2-1-3-14-6/h5-6,10H,1-4H2,(H,9,11)(H,12,13)/t5?,6-/m1/s1. The summed E-state index contributed by atoms with van der Waals surface area (Å²) in [4.78, 5) is 21.8. The maximum atomic E-state index is 11.3. The Bertz CT molecular complexity index is 224. The normalized spacial score (nSPS) is 23.1. The van der Waals surface area contributed by atoms with Gasteiger partial charge in [-0.3, -0.25) is 4.79 Å². The molecule has 3 N–H and O–H groups in total. The van der Waals surface area contributed by atoms with Gasteiger partial charge in [0.25, 0.3) is 0 Å². The average molecular weight is 203 g/mol. The topological polar surface area (TPSA) is 95.9 Å². The summed E-state index contributed by atoms with van der Waals surface area (Å²) >= 11 is 0. The number of carbonyl (C=O) groups is 2. The van der Waals surface area contributed by atoms with Crippen LogP contribution in [0.15, 0.2) is 0 Å². The van der Waals surface area contributed by atoms with Gasteiger partial charge in [-0.15, -0.1) is 0 Å². The highest BCUT2D eigenvalue weighted by atomic mass is 16.5. The van der Waals surface area contributed by atoms with Crippen molar-refractivity contribution in [3.63, 3.8) is 0 Å². The fourth-order valence-corrected chi connectivity index (χ4v) is 1.23. The molecule has 6 heteroatoms. The van der Waals surface area contributed by atoms with Crippen molar-refractivity contribution in [3.8, 4) is 0 Å². The predicted octanol–water partition coefficient (Wildman–Crippen LogP) is -1.27. The number of hydrogen-bond donors (Lipinski definition) is 3. The molecule has 1 rings (SSSR count). The van der Waals surface area contributed by atoms with Crippen molar-refractivity contribution in [1.29, 1.82) is 0 Å². The number of nitrogens with one attached hydrogen (secondary N) is 1. The van der Waals surface area contributed by atoms with Crippen molar-refractivity contribution < 1.29 is 24.5 Å². The van der Waals surface area contributed by atoms with Crippen LogP contribution in [0.3, 0.4) is 0 Å². The first-order valence-corrected chi connectivity index (χ1v) is 4.40. The predicted molar refractivity (Wildman–Crippen MR) is 45.6 cm³/mol. The average Bonchev–Trinajstić information content (AvgIpc) is 2.65. The van der Waals surface area contributed by atoms with Crippen molar-refractivity contribution in [3.05, 3.63) is 0 Å². The van der Waals surface area contributed by atoms with E-state index in [0.717, 1.165) is 6.42 Å². The van der Waals surface area contributed by atoms with E-state index in [0.29, 0.717) is 13.0 Å². The lowest BCUT2D eigenvalue weighted by Crippen LogP contribution is -2.47. The third-order valence-corrected chi connectivity index (χ3v) is 2.02. The van der Waals surface area contributed by atoms with Crippen LogP contribution in [-0.2, 0) is 14.3 Å². The number of rotatable bonds is 4. The largest absolute Gasteiger partial charge is 0.480 e. The van der Waals surface area contributed by atoms with Crippen LogP contribution in [0.5, 0.6) is 0 Å². The zero-order valence-corrected chi connectivity index (χ0v) is 7.60. The number of aliphatic hydroxyl groups is 1. The summed E-state index contributed by atoms with van der Waals surface area (Å²) in [5.41, 5.74) is 0. The molecule has 80 valence electrons. The first-order chi connectivity index (χ1) is 6.65. The van der Waals surface area contributed by atoms with Gasteiger partial charge in [0.05, 0.1) is 6.61 Å². The second-order valence-corrected chi connectivity index (χ2v) is 3.08. The molecule has 0 radical (unpaired) electrons. The highest BCUT2D eigenvalue weighted by Gasteiger charge is 2.27. The molecule has 1 aliphatic rings. The van der Waals surface area contributed by atoms with Crippen LogP contribution < -0.4 is 5.32 Å². The lowest BCUT2D eigenvalue weighted by molar-refractivity contribution is -0.144. The highest BCUT2D eigenvalue weighted by molar-refractivity contribution is 5.86. The molecule has 0 aliphatic carbocycles. The van der Waals surface area contributed by atoms with Crippen LogP contribution in [-0.4, -0.2) is 47.4 Å². The maximum absolute atomic E-state index is 11.3. The summed E-state index contributed by atoms with van der Waals surface area (Å²) < 4.78 is 5.05. The van der Waals surface area contributed by atoms with Gasteiger partial charge in [-0.05, 0) is 12.8 Å². The smallest absolute Gasteiger partial charge is 0.328 e. The Morgan fingerprint density at radius 2 is 2.29 bits per heavy atom. The minimum atomic E-state index is -1.25. The SMILES string of the molecule is O=C(O)C(CO)NC(=O)[C@H]1CCCO1. The minimum absolute atomic E-state index is 0.469. The van der Waals surface area contributed by atoms with Crippen LogP contribution in [0.4, 0.5) is 0 Å². The Balaban J connectivity index is 2.41. The summed E-state index contributed by atoms with van der Waals surface area (Å²) in [7, 11) is 0. The van der Waals surface area contributed by atoms with Crippen LogP contribution in [0.2, 0.25) is 0 Å². The maximum Gasteiger partial charge on any atom is 0.328 e. The summed E-state index contributed by atoms with van der Waals surface area (Å²) in [6, 6.07) is -1.24. The number of carboxylic acids is 1. The first kappa shape index (κ1) is 10.9. The van der Waals surface area contributed by atoms with Crippen molar-refractivity contribution in [2.45, 2.75) is 25.0 Å². The van der Waals surface area contributed by atoms with Crippen LogP contribution >= 0.6 is 0 Å². The Labute approximate surface area is 80.9 Å². The number of hydrogen-bond acceptors (Lipinski definition) is 4. The second-order valence-electron chi connectivity index (χ2n) is 3.08. The molecule has 1 unspecified atom stereocenters. The van der Waals surface area contributed by atoms with Gasteiger partial charge in [-0.25, -0.2) is 4.79 Å². The van der Waals surface area contributed by atoms with E-state index in [1.807, 2.05) is 0 Å². The van der Waals surface area contributed by atoms with E-state index in [1.165, 1.54) is 0 Å². The monoisotopic (exact) mass is 203 g/mol. The summed E-state index contributed by atoms with van der Waals surface area (Å²) in [5.74, 6) is -1.72. The van der Waals surface area contributed by atoms with Gasteiger partial charge in [0.2, 0.25) is 5.91 Å². The number of aliphatic hydroxyl groups excluding tert-OH is 1. The van der Waals surface area contributed by atoms with E-state index in [-0.39, 0.29) is 0 Å². The molecule has 6 nitrogen and oxygen atoms in total. The van der Waals surface area contributed by atoms with Crippen molar-refractivity contribution in [1.82, 2.24) is 5.32 Å². The van der Waals surface area contributed by atoms with E-state index in [2.05, 4.69) is 5.32 Å². The van der Waals surface area contributed by atoms with Crippen molar-refractivity contribution in [2.24, 2.45) is 0 Å². The van der Waals surface area contributed by atoms with Crippen LogP contribution in [0, 0.1) is 0 Å². The number of aliphatic carboxylic acids is 1. The lowest BCUT2D eigenvalue weighted by atomic mass is 10.2. The molecule has 0 aromatic carbocycles. The van der Waals surface area contributed by atoms with Crippen LogP contribution in [0.1, 0.15) is 12.8 Å². The number of carbonyl (C=O) groups excluding carboxylic acids is 1. The third-order valence-electron chi connectivity index (χ3n) is 2.02. The molecule has 2 atom stereocenters. The third kappa shape index (κ3) is 2.68.